The van der Waals surface area contributed by atoms with Gasteiger partial charge in [-0.25, -0.2) is 0 Å². The van der Waals surface area contributed by atoms with E-state index in [9.17, 15) is 9.90 Å². The predicted molar refractivity (Wildman–Crippen MR) is 86.1 cm³/mol. The van der Waals surface area contributed by atoms with Gasteiger partial charge in [0.1, 0.15) is 0 Å². The topological polar surface area (TPSA) is 55.8 Å². The molecule has 0 saturated heterocycles. The van der Waals surface area contributed by atoms with Gasteiger partial charge >= 0.3 is 5.97 Å². The van der Waals surface area contributed by atoms with Crippen molar-refractivity contribution >= 4 is 16.7 Å². The van der Waals surface area contributed by atoms with Crippen molar-refractivity contribution < 1.29 is 19.4 Å². The summed E-state index contributed by atoms with van der Waals surface area (Å²) in [7, 11) is 1.62. The van der Waals surface area contributed by atoms with Crippen LogP contribution in [0.4, 0.5) is 0 Å². The first-order valence-corrected chi connectivity index (χ1v) is 7.48. The van der Waals surface area contributed by atoms with E-state index in [1.165, 1.54) is 0 Å². The van der Waals surface area contributed by atoms with Gasteiger partial charge in [0.05, 0.1) is 19.1 Å². The molecule has 0 heterocycles. The molecule has 4 heteroatoms. The smallest absolute Gasteiger partial charge is 0.306 e. The van der Waals surface area contributed by atoms with Crippen LogP contribution in [-0.4, -0.2) is 38.0 Å². The van der Waals surface area contributed by atoms with Gasteiger partial charge in [-0.05, 0) is 29.2 Å². The Morgan fingerprint density at radius 2 is 1.86 bits per heavy atom. The number of carboxylic acid groups (broad SMARTS) is 1. The van der Waals surface area contributed by atoms with Gasteiger partial charge in [0, 0.05) is 13.7 Å². The average molecular weight is 302 g/mol. The molecule has 0 fully saturated rings. The van der Waals surface area contributed by atoms with Crippen molar-refractivity contribution in [3.05, 3.63) is 48.0 Å². The molecule has 2 aromatic rings. The number of aliphatic carboxylic acids is 1. The highest BCUT2D eigenvalue weighted by Crippen LogP contribution is 2.22. The van der Waals surface area contributed by atoms with E-state index in [-0.39, 0.29) is 0 Å². The van der Waals surface area contributed by atoms with E-state index in [0.717, 1.165) is 16.3 Å². The van der Waals surface area contributed by atoms with Gasteiger partial charge in [-0.2, -0.15) is 0 Å². The molecular formula is C18H22O4. The monoisotopic (exact) mass is 302 g/mol. The number of carbonyl (C=O) groups is 1. The number of hydrogen-bond acceptors (Lipinski definition) is 3. The highest BCUT2D eigenvalue weighted by molar-refractivity contribution is 5.86. The van der Waals surface area contributed by atoms with Gasteiger partial charge in [0.2, 0.25) is 0 Å². The lowest BCUT2D eigenvalue weighted by Gasteiger charge is -2.14. The van der Waals surface area contributed by atoms with Crippen molar-refractivity contribution in [3.63, 3.8) is 0 Å². The second-order valence-corrected chi connectivity index (χ2v) is 5.27. The van der Waals surface area contributed by atoms with Crippen LogP contribution in [-0.2, 0) is 20.7 Å². The lowest BCUT2D eigenvalue weighted by Crippen LogP contribution is -2.19. The average Bonchev–Trinajstić information content (AvgIpc) is 2.53. The Labute approximate surface area is 130 Å². The van der Waals surface area contributed by atoms with Crippen LogP contribution in [0.3, 0.4) is 0 Å². The minimum absolute atomic E-state index is 0.436. The second kappa shape index (κ2) is 8.51. The van der Waals surface area contributed by atoms with Crippen LogP contribution in [0.2, 0.25) is 0 Å². The van der Waals surface area contributed by atoms with Crippen LogP contribution < -0.4 is 0 Å². The summed E-state index contributed by atoms with van der Waals surface area (Å²) >= 11 is 0. The summed E-state index contributed by atoms with van der Waals surface area (Å²) in [5.74, 6) is -1.21. The number of hydrogen-bond donors (Lipinski definition) is 1. The molecule has 0 aliphatic rings. The molecule has 22 heavy (non-hydrogen) atoms. The van der Waals surface area contributed by atoms with E-state index in [2.05, 4.69) is 0 Å². The minimum atomic E-state index is -0.775. The SMILES string of the molecule is COCCOCCC(Cc1cccc2ccccc12)C(=O)O. The van der Waals surface area contributed by atoms with Crippen LogP contribution in [0, 0.1) is 5.92 Å². The predicted octanol–water partition coefficient (Wildman–Crippen LogP) is 3.14. The lowest BCUT2D eigenvalue weighted by molar-refractivity contribution is -0.142. The van der Waals surface area contributed by atoms with Gasteiger partial charge in [0.15, 0.2) is 0 Å². The van der Waals surface area contributed by atoms with E-state index in [4.69, 9.17) is 9.47 Å². The third-order valence-electron chi connectivity index (χ3n) is 3.74. The molecule has 1 unspecified atom stereocenters. The first-order chi connectivity index (χ1) is 10.7. The van der Waals surface area contributed by atoms with E-state index in [0.29, 0.717) is 32.7 Å². The Morgan fingerprint density at radius 1 is 1.09 bits per heavy atom. The molecule has 0 radical (unpaired) electrons. The van der Waals surface area contributed by atoms with Crippen molar-refractivity contribution in [2.24, 2.45) is 5.92 Å². The van der Waals surface area contributed by atoms with Crippen LogP contribution in [0.25, 0.3) is 10.8 Å². The summed E-state index contributed by atoms with van der Waals surface area (Å²) in [5.41, 5.74) is 1.07. The van der Waals surface area contributed by atoms with Crippen LogP contribution >= 0.6 is 0 Å². The number of ether oxygens (including phenoxy) is 2. The quantitative estimate of drug-likeness (QED) is 0.723. The molecule has 0 bridgehead atoms. The first-order valence-electron chi connectivity index (χ1n) is 7.48. The highest BCUT2D eigenvalue weighted by atomic mass is 16.5. The summed E-state index contributed by atoms with van der Waals surface area (Å²) in [6.45, 7) is 1.46. The van der Waals surface area contributed by atoms with Crippen molar-refractivity contribution in [1.82, 2.24) is 0 Å². The number of rotatable bonds is 9. The molecule has 0 saturated carbocycles. The fraction of sp³-hybridized carbons (Fsp3) is 0.389. The number of carboxylic acids is 1. The Balaban J connectivity index is 2.02. The van der Waals surface area contributed by atoms with Gasteiger partial charge in [0.25, 0.3) is 0 Å². The first kappa shape index (κ1) is 16.5. The molecule has 0 amide bonds. The van der Waals surface area contributed by atoms with Gasteiger partial charge < -0.3 is 14.6 Å². The van der Waals surface area contributed by atoms with Gasteiger partial charge in [-0.3, -0.25) is 4.79 Å². The largest absolute Gasteiger partial charge is 0.481 e. The maximum absolute atomic E-state index is 11.5. The zero-order chi connectivity index (χ0) is 15.8. The molecule has 0 aliphatic carbocycles. The zero-order valence-electron chi connectivity index (χ0n) is 12.8. The number of fused-ring (bicyclic) bond motifs is 1. The van der Waals surface area contributed by atoms with Gasteiger partial charge in [-0.1, -0.05) is 42.5 Å². The Kier molecular flexibility index (Phi) is 6.37. The molecule has 0 spiro atoms. The third-order valence-corrected chi connectivity index (χ3v) is 3.74. The highest BCUT2D eigenvalue weighted by Gasteiger charge is 2.18. The molecule has 4 nitrogen and oxygen atoms in total. The molecule has 2 rings (SSSR count). The molecule has 1 atom stereocenters. The third kappa shape index (κ3) is 4.55. The molecule has 2 aromatic carbocycles. The van der Waals surface area contributed by atoms with Crippen molar-refractivity contribution in [2.45, 2.75) is 12.8 Å². The van der Waals surface area contributed by atoms with E-state index in [1.54, 1.807) is 7.11 Å². The summed E-state index contributed by atoms with van der Waals surface area (Å²) in [6, 6.07) is 14.1. The standard InChI is InChI=1S/C18H22O4/c1-21-11-12-22-10-9-16(18(19)20)13-15-7-4-6-14-5-2-3-8-17(14)15/h2-8,16H,9-13H2,1H3,(H,19,20). The maximum atomic E-state index is 11.5. The minimum Gasteiger partial charge on any atom is -0.481 e. The maximum Gasteiger partial charge on any atom is 0.306 e. The Morgan fingerprint density at radius 3 is 2.64 bits per heavy atom. The molecule has 0 aromatic heterocycles. The number of methoxy groups -OCH3 is 1. The number of benzene rings is 2. The second-order valence-electron chi connectivity index (χ2n) is 5.27. The summed E-state index contributed by atoms with van der Waals surface area (Å²) in [4.78, 5) is 11.5. The van der Waals surface area contributed by atoms with Crippen LogP contribution in [0.15, 0.2) is 42.5 Å². The summed E-state index contributed by atoms with van der Waals surface area (Å²) in [5, 5.41) is 11.7. The van der Waals surface area contributed by atoms with Crippen LogP contribution in [0.5, 0.6) is 0 Å². The van der Waals surface area contributed by atoms with E-state index in [1.807, 2.05) is 42.5 Å². The van der Waals surface area contributed by atoms with Crippen LogP contribution in [0.1, 0.15) is 12.0 Å². The summed E-state index contributed by atoms with van der Waals surface area (Å²) < 4.78 is 10.3. The molecule has 118 valence electrons. The fourth-order valence-electron chi connectivity index (χ4n) is 2.52. The lowest BCUT2D eigenvalue weighted by atomic mass is 9.93. The normalized spacial score (nSPS) is 12.4. The Bertz CT molecular complexity index is 604. The molecular weight excluding hydrogens is 280 g/mol. The van der Waals surface area contributed by atoms with Crippen molar-refractivity contribution in [2.75, 3.05) is 26.9 Å². The van der Waals surface area contributed by atoms with E-state index < -0.39 is 11.9 Å². The van der Waals surface area contributed by atoms with Crippen molar-refractivity contribution in [3.8, 4) is 0 Å². The van der Waals surface area contributed by atoms with E-state index >= 15 is 0 Å². The van der Waals surface area contributed by atoms with Crippen molar-refractivity contribution in [1.29, 1.82) is 0 Å². The molecule has 1 N–H and O–H groups in total. The molecule has 0 aliphatic heterocycles. The zero-order valence-corrected chi connectivity index (χ0v) is 12.8. The summed E-state index contributed by atoms with van der Waals surface area (Å²) in [6.07, 6.45) is 1.02. The van der Waals surface area contributed by atoms with Gasteiger partial charge in [-0.15, -0.1) is 0 Å². The fourth-order valence-corrected chi connectivity index (χ4v) is 2.52. The Hall–Kier alpha value is -1.91.